The van der Waals surface area contributed by atoms with E-state index in [9.17, 15) is 0 Å². The number of aromatic nitrogens is 2. The second-order valence-corrected chi connectivity index (χ2v) is 4.88. The van der Waals surface area contributed by atoms with E-state index in [0.717, 1.165) is 35.1 Å². The Hall–Kier alpha value is -1.60. The Morgan fingerprint density at radius 3 is 2.83 bits per heavy atom. The summed E-state index contributed by atoms with van der Waals surface area (Å²) in [5, 5.41) is 9.00. The Morgan fingerprint density at radius 1 is 1.44 bits per heavy atom. The average Bonchev–Trinajstić information content (AvgIpc) is 2.71. The van der Waals surface area contributed by atoms with Crippen LogP contribution in [0.15, 0.2) is 18.2 Å². The zero-order valence-corrected chi connectivity index (χ0v) is 11.5. The van der Waals surface area contributed by atoms with Crippen molar-refractivity contribution in [1.29, 1.82) is 5.26 Å². The lowest BCUT2D eigenvalue weighted by Crippen LogP contribution is -2.07. The predicted molar refractivity (Wildman–Crippen MR) is 76.1 cm³/mol. The highest BCUT2D eigenvalue weighted by molar-refractivity contribution is 7.71. The largest absolute Gasteiger partial charge is 0.331 e. The summed E-state index contributed by atoms with van der Waals surface area (Å²) in [6.45, 7) is 4.36. The van der Waals surface area contributed by atoms with Gasteiger partial charge in [-0.3, -0.25) is 0 Å². The molecule has 0 radical (unpaired) electrons. The zero-order valence-electron chi connectivity index (χ0n) is 10.7. The SMILES string of the molecule is CCCC(CC)n1c(=S)[nH]c2ccc(C#N)cc21. The average molecular weight is 259 g/mol. The molecule has 94 valence electrons. The topological polar surface area (TPSA) is 44.5 Å². The molecule has 2 aromatic rings. The van der Waals surface area contributed by atoms with E-state index in [2.05, 4.69) is 29.5 Å². The van der Waals surface area contributed by atoms with Gasteiger partial charge in [0.05, 0.1) is 22.7 Å². The van der Waals surface area contributed by atoms with E-state index in [1.54, 1.807) is 0 Å². The Kier molecular flexibility index (Phi) is 3.83. The van der Waals surface area contributed by atoms with Crippen LogP contribution in [0.1, 0.15) is 44.7 Å². The minimum Gasteiger partial charge on any atom is -0.331 e. The van der Waals surface area contributed by atoms with Crippen LogP contribution in [0, 0.1) is 16.1 Å². The number of fused-ring (bicyclic) bond motifs is 1. The lowest BCUT2D eigenvalue weighted by Gasteiger charge is -2.16. The molecule has 0 spiro atoms. The molecule has 0 aliphatic carbocycles. The highest BCUT2D eigenvalue weighted by atomic mass is 32.1. The van der Waals surface area contributed by atoms with Crippen LogP contribution in [-0.4, -0.2) is 9.55 Å². The number of rotatable bonds is 4. The summed E-state index contributed by atoms with van der Waals surface area (Å²) in [5.41, 5.74) is 2.73. The zero-order chi connectivity index (χ0) is 13.1. The van der Waals surface area contributed by atoms with Gasteiger partial charge in [0.2, 0.25) is 0 Å². The van der Waals surface area contributed by atoms with Crippen molar-refractivity contribution in [3.8, 4) is 6.07 Å². The lowest BCUT2D eigenvalue weighted by atomic mass is 10.1. The van der Waals surface area contributed by atoms with E-state index in [1.807, 2.05) is 18.2 Å². The van der Waals surface area contributed by atoms with Crippen molar-refractivity contribution in [3.63, 3.8) is 0 Å². The number of hydrogen-bond acceptors (Lipinski definition) is 2. The second kappa shape index (κ2) is 5.36. The van der Waals surface area contributed by atoms with Crippen LogP contribution in [0.2, 0.25) is 0 Å². The number of hydrogen-bond donors (Lipinski definition) is 1. The van der Waals surface area contributed by atoms with Crippen LogP contribution in [0.3, 0.4) is 0 Å². The first kappa shape index (κ1) is 12.8. The molecule has 18 heavy (non-hydrogen) atoms. The Labute approximate surface area is 112 Å². The predicted octanol–water partition coefficient (Wildman–Crippen LogP) is 4.32. The quantitative estimate of drug-likeness (QED) is 0.831. The molecule has 1 heterocycles. The number of nitrogens with zero attached hydrogens (tertiary/aromatic N) is 2. The fourth-order valence-corrected chi connectivity index (χ4v) is 2.76. The molecule has 1 N–H and O–H groups in total. The smallest absolute Gasteiger partial charge is 0.178 e. The van der Waals surface area contributed by atoms with Crippen LogP contribution in [-0.2, 0) is 0 Å². The van der Waals surface area contributed by atoms with Gasteiger partial charge in [-0.1, -0.05) is 20.3 Å². The highest BCUT2D eigenvalue weighted by Gasteiger charge is 2.13. The summed E-state index contributed by atoms with van der Waals surface area (Å²) in [4.78, 5) is 3.22. The molecule has 2 rings (SSSR count). The Balaban J connectivity index is 2.64. The van der Waals surface area contributed by atoms with Crippen LogP contribution >= 0.6 is 12.2 Å². The number of nitrogens with one attached hydrogen (secondary N) is 1. The van der Waals surface area contributed by atoms with Gasteiger partial charge in [-0.25, -0.2) is 0 Å². The fraction of sp³-hybridized carbons (Fsp3) is 0.429. The maximum atomic E-state index is 9.00. The van der Waals surface area contributed by atoms with Crippen LogP contribution in [0.4, 0.5) is 0 Å². The molecule has 0 bridgehead atoms. The number of imidazole rings is 1. The Morgan fingerprint density at radius 2 is 2.22 bits per heavy atom. The van der Waals surface area contributed by atoms with E-state index in [-0.39, 0.29) is 0 Å². The van der Waals surface area contributed by atoms with E-state index in [4.69, 9.17) is 17.5 Å². The normalized spacial score (nSPS) is 12.5. The molecule has 0 amide bonds. The first-order valence-electron chi connectivity index (χ1n) is 6.35. The summed E-state index contributed by atoms with van der Waals surface area (Å²) >= 11 is 5.41. The van der Waals surface area contributed by atoms with Gasteiger partial charge in [-0.2, -0.15) is 5.26 Å². The molecule has 1 aromatic heterocycles. The molecule has 0 aliphatic heterocycles. The summed E-state index contributed by atoms with van der Waals surface area (Å²) in [6.07, 6.45) is 3.28. The number of H-pyrrole nitrogens is 1. The van der Waals surface area contributed by atoms with E-state index in [1.165, 1.54) is 0 Å². The molecular formula is C14H17N3S. The summed E-state index contributed by atoms with van der Waals surface area (Å²) < 4.78 is 2.91. The third-order valence-corrected chi connectivity index (χ3v) is 3.60. The molecule has 1 aromatic carbocycles. The molecule has 1 atom stereocenters. The lowest BCUT2D eigenvalue weighted by molar-refractivity contribution is 0.454. The van der Waals surface area contributed by atoms with Crippen molar-refractivity contribution in [2.75, 3.05) is 0 Å². The molecule has 1 unspecified atom stereocenters. The molecule has 0 fully saturated rings. The van der Waals surface area contributed by atoms with Gasteiger partial charge in [0.15, 0.2) is 4.77 Å². The summed E-state index contributed by atoms with van der Waals surface area (Å²) in [5.74, 6) is 0. The first-order valence-corrected chi connectivity index (χ1v) is 6.76. The Bertz CT molecular complexity index is 645. The number of aromatic amines is 1. The van der Waals surface area contributed by atoms with Crippen molar-refractivity contribution in [2.24, 2.45) is 0 Å². The van der Waals surface area contributed by atoms with Crippen molar-refractivity contribution in [1.82, 2.24) is 9.55 Å². The molecule has 0 aliphatic rings. The van der Waals surface area contributed by atoms with Gasteiger partial charge in [0.25, 0.3) is 0 Å². The van der Waals surface area contributed by atoms with Gasteiger partial charge in [-0.15, -0.1) is 0 Å². The number of nitriles is 1. The monoisotopic (exact) mass is 259 g/mol. The van der Waals surface area contributed by atoms with Gasteiger partial charge in [-0.05, 0) is 43.3 Å². The minimum absolute atomic E-state index is 0.408. The van der Waals surface area contributed by atoms with Crippen LogP contribution in [0.25, 0.3) is 11.0 Å². The summed E-state index contributed by atoms with van der Waals surface area (Å²) in [7, 11) is 0. The van der Waals surface area contributed by atoms with Crippen LogP contribution in [0.5, 0.6) is 0 Å². The van der Waals surface area contributed by atoms with Crippen molar-refractivity contribution in [3.05, 3.63) is 28.5 Å². The van der Waals surface area contributed by atoms with Gasteiger partial charge in [0, 0.05) is 6.04 Å². The standard InChI is InChI=1S/C14H17N3S/c1-3-5-11(4-2)17-13-8-10(9-15)6-7-12(13)16-14(17)18/h6-8,11H,3-5H2,1-2H3,(H,16,18). The van der Waals surface area contributed by atoms with E-state index in [0.29, 0.717) is 11.6 Å². The number of benzene rings is 1. The molecule has 4 heteroatoms. The molecular weight excluding hydrogens is 242 g/mol. The molecule has 0 saturated heterocycles. The third kappa shape index (κ3) is 2.19. The maximum absolute atomic E-state index is 9.00. The van der Waals surface area contributed by atoms with Gasteiger partial charge >= 0.3 is 0 Å². The van der Waals surface area contributed by atoms with E-state index >= 15 is 0 Å². The van der Waals surface area contributed by atoms with E-state index < -0.39 is 0 Å². The van der Waals surface area contributed by atoms with Gasteiger partial charge in [0.1, 0.15) is 0 Å². The molecule has 0 saturated carbocycles. The van der Waals surface area contributed by atoms with Gasteiger partial charge < -0.3 is 9.55 Å². The minimum atomic E-state index is 0.408. The maximum Gasteiger partial charge on any atom is 0.178 e. The van der Waals surface area contributed by atoms with Crippen molar-refractivity contribution < 1.29 is 0 Å². The molecule has 3 nitrogen and oxygen atoms in total. The second-order valence-electron chi connectivity index (χ2n) is 4.49. The fourth-order valence-electron chi connectivity index (χ4n) is 2.40. The first-order chi connectivity index (χ1) is 8.71. The third-order valence-electron chi connectivity index (χ3n) is 3.31. The van der Waals surface area contributed by atoms with Crippen molar-refractivity contribution >= 4 is 23.3 Å². The summed E-state index contributed by atoms with van der Waals surface area (Å²) in [6, 6.07) is 8.26. The van der Waals surface area contributed by atoms with Crippen LogP contribution < -0.4 is 0 Å². The van der Waals surface area contributed by atoms with Crippen molar-refractivity contribution in [2.45, 2.75) is 39.2 Å². The highest BCUT2D eigenvalue weighted by Crippen LogP contribution is 2.25.